The lowest BCUT2D eigenvalue weighted by Crippen LogP contribution is -2.37. The monoisotopic (exact) mass is 376 g/mol. The molecule has 1 heterocycles. The van der Waals surface area contributed by atoms with E-state index in [0.29, 0.717) is 28.9 Å². The van der Waals surface area contributed by atoms with Gasteiger partial charge >= 0.3 is 0 Å². The highest BCUT2D eigenvalue weighted by Crippen LogP contribution is 2.28. The Balaban J connectivity index is 2.24. The van der Waals surface area contributed by atoms with E-state index < -0.39 is 10.0 Å². The predicted octanol–water partition coefficient (Wildman–Crippen LogP) is 2.53. The van der Waals surface area contributed by atoms with Crippen LogP contribution in [-0.4, -0.2) is 39.0 Å². The van der Waals surface area contributed by atoms with Crippen molar-refractivity contribution in [2.24, 2.45) is 0 Å². The van der Waals surface area contributed by atoms with Crippen LogP contribution in [0.1, 0.15) is 24.8 Å². The summed E-state index contributed by atoms with van der Waals surface area (Å²) >= 11 is 3.30. The minimum Gasteiger partial charge on any atom is -0.398 e. The minimum atomic E-state index is -3.57. The number of hydrogen-bond donors (Lipinski definition) is 1. The number of nitrogens with two attached hydrogens (primary N) is 1. The van der Waals surface area contributed by atoms with Gasteiger partial charge in [0.1, 0.15) is 0 Å². The normalized spacial score (nSPS) is 19.9. The van der Waals surface area contributed by atoms with Crippen molar-refractivity contribution < 1.29 is 13.2 Å². The van der Waals surface area contributed by atoms with E-state index in [0.717, 1.165) is 19.3 Å². The Hall–Kier alpha value is -0.630. The highest BCUT2D eigenvalue weighted by molar-refractivity contribution is 9.10. The van der Waals surface area contributed by atoms with Crippen LogP contribution in [0.25, 0.3) is 0 Å². The van der Waals surface area contributed by atoms with Crippen molar-refractivity contribution >= 4 is 31.6 Å². The summed E-state index contributed by atoms with van der Waals surface area (Å²) in [6.07, 6.45) is 3.01. The van der Waals surface area contributed by atoms with Gasteiger partial charge in [-0.3, -0.25) is 0 Å². The third kappa shape index (κ3) is 3.77. The molecule has 0 amide bonds. The number of sulfonamides is 1. The molecule has 1 fully saturated rings. The molecule has 1 aliphatic rings. The van der Waals surface area contributed by atoms with Crippen LogP contribution in [0.5, 0.6) is 0 Å². The fraction of sp³-hybridized carbons (Fsp3) is 0.571. The first-order valence-corrected chi connectivity index (χ1v) is 9.19. The van der Waals surface area contributed by atoms with Crippen LogP contribution in [0.2, 0.25) is 0 Å². The molecule has 1 aliphatic heterocycles. The molecule has 0 aromatic heterocycles. The lowest BCUT2D eigenvalue weighted by Gasteiger charge is -2.27. The molecule has 0 saturated carbocycles. The molecular weight excluding hydrogens is 356 g/mol. The number of ether oxygens (including phenoxy) is 1. The Kier molecular flexibility index (Phi) is 5.29. The first kappa shape index (κ1) is 16.7. The van der Waals surface area contributed by atoms with Crippen molar-refractivity contribution in [1.82, 2.24) is 4.31 Å². The molecule has 0 radical (unpaired) electrons. The number of hydrogen-bond acceptors (Lipinski definition) is 4. The van der Waals surface area contributed by atoms with Gasteiger partial charge in [0, 0.05) is 30.4 Å². The standard InChI is InChI=1S/C14H21BrN2O3S/c1-10-13(16)7-11(15)8-14(10)21(18,19)17(2)9-12-5-3-4-6-20-12/h7-8,12H,3-6,9,16H2,1-2H3. The van der Waals surface area contributed by atoms with Gasteiger partial charge in [0.15, 0.2) is 0 Å². The molecule has 5 nitrogen and oxygen atoms in total. The van der Waals surface area contributed by atoms with Gasteiger partial charge in [-0.1, -0.05) is 15.9 Å². The molecule has 2 N–H and O–H groups in total. The second kappa shape index (κ2) is 6.64. The molecule has 1 aromatic carbocycles. The molecular formula is C14H21BrN2O3S. The summed E-state index contributed by atoms with van der Waals surface area (Å²) in [5, 5.41) is 0. The number of nitrogens with zero attached hydrogens (tertiary/aromatic N) is 1. The van der Waals surface area contributed by atoms with Crippen LogP contribution in [-0.2, 0) is 14.8 Å². The van der Waals surface area contributed by atoms with E-state index in [1.54, 1.807) is 26.1 Å². The average Bonchev–Trinajstić information content (AvgIpc) is 2.43. The van der Waals surface area contributed by atoms with Gasteiger partial charge in [-0.25, -0.2) is 8.42 Å². The largest absolute Gasteiger partial charge is 0.398 e. The van der Waals surface area contributed by atoms with Gasteiger partial charge in [-0.05, 0) is 43.9 Å². The summed E-state index contributed by atoms with van der Waals surface area (Å²) < 4.78 is 33.1. The van der Waals surface area contributed by atoms with Crippen LogP contribution in [0.15, 0.2) is 21.5 Å². The lowest BCUT2D eigenvalue weighted by atomic mass is 10.1. The smallest absolute Gasteiger partial charge is 0.243 e. The van der Waals surface area contributed by atoms with E-state index in [9.17, 15) is 8.42 Å². The Morgan fingerprint density at radius 1 is 1.43 bits per heavy atom. The van der Waals surface area contributed by atoms with Crippen molar-refractivity contribution in [2.75, 3.05) is 25.9 Å². The Bertz CT molecular complexity index is 613. The average molecular weight is 377 g/mol. The van der Waals surface area contributed by atoms with Crippen LogP contribution in [0, 0.1) is 6.92 Å². The van der Waals surface area contributed by atoms with Crippen molar-refractivity contribution in [1.29, 1.82) is 0 Å². The van der Waals surface area contributed by atoms with E-state index in [1.165, 1.54) is 4.31 Å². The first-order valence-electron chi connectivity index (χ1n) is 6.96. The molecule has 7 heteroatoms. The Labute approximate surface area is 134 Å². The second-order valence-corrected chi connectivity index (χ2v) is 8.32. The van der Waals surface area contributed by atoms with E-state index in [4.69, 9.17) is 10.5 Å². The fourth-order valence-corrected chi connectivity index (χ4v) is 4.55. The second-order valence-electron chi connectivity index (χ2n) is 5.39. The summed E-state index contributed by atoms with van der Waals surface area (Å²) in [5.74, 6) is 0. The number of halogens is 1. The summed E-state index contributed by atoms with van der Waals surface area (Å²) in [6.45, 7) is 2.80. The quantitative estimate of drug-likeness (QED) is 0.819. The molecule has 1 saturated heterocycles. The van der Waals surface area contributed by atoms with Gasteiger partial charge in [0.25, 0.3) is 0 Å². The molecule has 2 rings (SSSR count). The van der Waals surface area contributed by atoms with Crippen LogP contribution in [0.4, 0.5) is 5.69 Å². The zero-order chi connectivity index (χ0) is 15.6. The van der Waals surface area contributed by atoms with E-state index >= 15 is 0 Å². The summed E-state index contributed by atoms with van der Waals surface area (Å²) in [5.41, 5.74) is 6.91. The van der Waals surface area contributed by atoms with Crippen LogP contribution in [0.3, 0.4) is 0 Å². The van der Waals surface area contributed by atoms with Crippen molar-refractivity contribution in [2.45, 2.75) is 37.2 Å². The molecule has 1 aromatic rings. The molecule has 1 unspecified atom stereocenters. The molecule has 0 bridgehead atoms. The maximum atomic E-state index is 12.7. The summed E-state index contributed by atoms with van der Waals surface area (Å²) in [6, 6.07) is 3.30. The SMILES string of the molecule is Cc1c(N)cc(Br)cc1S(=O)(=O)N(C)CC1CCCCO1. The predicted molar refractivity (Wildman–Crippen MR) is 86.7 cm³/mol. The first-order chi connectivity index (χ1) is 9.82. The van der Waals surface area contributed by atoms with Crippen LogP contribution >= 0.6 is 15.9 Å². The highest BCUT2D eigenvalue weighted by Gasteiger charge is 2.27. The third-order valence-corrected chi connectivity index (χ3v) is 6.20. The Morgan fingerprint density at radius 2 is 2.14 bits per heavy atom. The number of anilines is 1. The van der Waals surface area contributed by atoms with E-state index in [2.05, 4.69) is 15.9 Å². The maximum Gasteiger partial charge on any atom is 0.243 e. The van der Waals surface area contributed by atoms with Crippen LogP contribution < -0.4 is 5.73 Å². The van der Waals surface area contributed by atoms with Gasteiger partial charge < -0.3 is 10.5 Å². The lowest BCUT2D eigenvalue weighted by molar-refractivity contribution is 0.00858. The minimum absolute atomic E-state index is 0.0247. The molecule has 1 atom stereocenters. The Morgan fingerprint density at radius 3 is 2.76 bits per heavy atom. The number of likely N-dealkylation sites (N-methyl/N-ethyl adjacent to an activating group) is 1. The number of rotatable bonds is 4. The van der Waals surface area contributed by atoms with E-state index in [-0.39, 0.29) is 11.0 Å². The molecule has 21 heavy (non-hydrogen) atoms. The van der Waals surface area contributed by atoms with Crippen molar-refractivity contribution in [3.63, 3.8) is 0 Å². The van der Waals surface area contributed by atoms with Gasteiger partial charge in [0.05, 0.1) is 11.0 Å². The van der Waals surface area contributed by atoms with E-state index in [1.807, 2.05) is 0 Å². The van der Waals surface area contributed by atoms with Crippen molar-refractivity contribution in [3.8, 4) is 0 Å². The van der Waals surface area contributed by atoms with Gasteiger partial charge in [-0.15, -0.1) is 0 Å². The highest BCUT2D eigenvalue weighted by atomic mass is 79.9. The third-order valence-electron chi connectivity index (χ3n) is 3.79. The topological polar surface area (TPSA) is 72.6 Å². The molecule has 118 valence electrons. The molecule has 0 spiro atoms. The zero-order valence-corrected chi connectivity index (χ0v) is 14.7. The number of benzene rings is 1. The van der Waals surface area contributed by atoms with Gasteiger partial charge in [0.2, 0.25) is 10.0 Å². The number of nitrogen functional groups attached to an aromatic ring is 1. The summed E-state index contributed by atoms with van der Waals surface area (Å²) in [7, 11) is -1.98. The summed E-state index contributed by atoms with van der Waals surface area (Å²) in [4.78, 5) is 0.243. The fourth-order valence-electron chi connectivity index (χ4n) is 2.45. The maximum absolute atomic E-state index is 12.7. The van der Waals surface area contributed by atoms with Gasteiger partial charge in [-0.2, -0.15) is 4.31 Å². The molecule has 0 aliphatic carbocycles. The van der Waals surface area contributed by atoms with Crippen molar-refractivity contribution in [3.05, 3.63) is 22.2 Å². The zero-order valence-electron chi connectivity index (χ0n) is 12.3.